The second-order valence-corrected chi connectivity index (χ2v) is 3.80. The van der Waals surface area contributed by atoms with E-state index in [0.717, 1.165) is 6.92 Å². The molecule has 1 fully saturated rings. The standard InChI is InChI=1S/C8H16O6/c1-8(13)6(11)3(9)5(14-2)4(10)7(8)12/h3-7,9-13H,1-2H3/t3-,4-,5?,6-,7+,8?/m0/s1. The third-order valence-corrected chi connectivity index (χ3v) is 2.79. The van der Waals surface area contributed by atoms with Crippen LogP contribution >= 0.6 is 0 Å². The van der Waals surface area contributed by atoms with Gasteiger partial charge >= 0.3 is 0 Å². The summed E-state index contributed by atoms with van der Waals surface area (Å²) in [5.41, 5.74) is -1.95. The first kappa shape index (κ1) is 11.8. The second-order valence-electron chi connectivity index (χ2n) is 3.80. The van der Waals surface area contributed by atoms with Gasteiger partial charge in [-0.1, -0.05) is 0 Å². The summed E-state index contributed by atoms with van der Waals surface area (Å²) in [6.45, 7) is 1.14. The molecule has 0 saturated heterocycles. The lowest BCUT2D eigenvalue weighted by Crippen LogP contribution is -2.69. The predicted molar refractivity (Wildman–Crippen MR) is 45.4 cm³/mol. The molecule has 1 saturated carbocycles. The maximum absolute atomic E-state index is 9.59. The Morgan fingerprint density at radius 3 is 1.64 bits per heavy atom. The number of aliphatic hydroxyl groups is 5. The molecule has 6 heteroatoms. The van der Waals surface area contributed by atoms with Crippen molar-refractivity contribution in [3.8, 4) is 0 Å². The third-order valence-electron chi connectivity index (χ3n) is 2.79. The zero-order valence-electron chi connectivity index (χ0n) is 8.03. The van der Waals surface area contributed by atoms with Gasteiger partial charge in [0.25, 0.3) is 0 Å². The van der Waals surface area contributed by atoms with Crippen molar-refractivity contribution in [3.05, 3.63) is 0 Å². The van der Waals surface area contributed by atoms with Gasteiger partial charge in [0, 0.05) is 7.11 Å². The van der Waals surface area contributed by atoms with Crippen LogP contribution in [0.25, 0.3) is 0 Å². The van der Waals surface area contributed by atoms with Gasteiger partial charge in [-0.15, -0.1) is 0 Å². The normalized spacial score (nSPS) is 54.6. The van der Waals surface area contributed by atoms with E-state index in [1.807, 2.05) is 0 Å². The smallest absolute Gasteiger partial charge is 0.119 e. The number of rotatable bonds is 1. The maximum Gasteiger partial charge on any atom is 0.119 e. The molecule has 0 aromatic rings. The average molecular weight is 208 g/mol. The fourth-order valence-corrected chi connectivity index (χ4v) is 1.71. The molecule has 0 aliphatic heterocycles. The minimum Gasteiger partial charge on any atom is -0.387 e. The zero-order chi connectivity index (χ0) is 11.1. The van der Waals surface area contributed by atoms with Gasteiger partial charge in [-0.05, 0) is 6.92 Å². The summed E-state index contributed by atoms with van der Waals surface area (Å²) in [5, 5.41) is 47.4. The van der Waals surface area contributed by atoms with E-state index < -0.39 is 36.1 Å². The van der Waals surface area contributed by atoms with Crippen LogP contribution in [0, 0.1) is 0 Å². The summed E-state index contributed by atoms with van der Waals surface area (Å²) in [5.74, 6) is 0. The molecule has 0 amide bonds. The van der Waals surface area contributed by atoms with Crippen LogP contribution < -0.4 is 0 Å². The summed E-state index contributed by atoms with van der Waals surface area (Å²) in [6, 6.07) is 0. The molecule has 0 radical (unpaired) electrons. The summed E-state index contributed by atoms with van der Waals surface area (Å²) >= 11 is 0. The Labute approximate surface area is 81.4 Å². The highest BCUT2D eigenvalue weighted by Crippen LogP contribution is 2.30. The van der Waals surface area contributed by atoms with Crippen LogP contribution in [0.4, 0.5) is 0 Å². The Kier molecular flexibility index (Phi) is 3.15. The van der Waals surface area contributed by atoms with Gasteiger partial charge in [-0.25, -0.2) is 0 Å². The number of aliphatic hydroxyl groups excluding tert-OH is 4. The van der Waals surface area contributed by atoms with Crippen LogP contribution in [-0.4, -0.2) is 68.8 Å². The number of hydrogen-bond acceptors (Lipinski definition) is 6. The van der Waals surface area contributed by atoms with E-state index in [4.69, 9.17) is 4.74 Å². The molecule has 0 heterocycles. The van der Waals surface area contributed by atoms with Gasteiger partial charge in [0.15, 0.2) is 0 Å². The van der Waals surface area contributed by atoms with E-state index in [-0.39, 0.29) is 0 Å². The van der Waals surface area contributed by atoms with Crippen molar-refractivity contribution in [2.75, 3.05) is 7.11 Å². The Morgan fingerprint density at radius 1 is 1.00 bits per heavy atom. The Morgan fingerprint density at radius 2 is 1.36 bits per heavy atom. The summed E-state index contributed by atoms with van der Waals surface area (Å²) in [7, 11) is 1.23. The molecule has 14 heavy (non-hydrogen) atoms. The predicted octanol–water partition coefficient (Wildman–Crippen LogP) is -2.79. The summed E-state index contributed by atoms with van der Waals surface area (Å²) < 4.78 is 4.72. The summed E-state index contributed by atoms with van der Waals surface area (Å²) in [6.07, 6.45) is -7.11. The molecule has 1 aliphatic carbocycles. The molecule has 0 spiro atoms. The van der Waals surface area contributed by atoms with Crippen LogP contribution in [0.15, 0.2) is 0 Å². The molecule has 1 rings (SSSR count). The fraction of sp³-hybridized carbons (Fsp3) is 1.00. The molecular weight excluding hydrogens is 192 g/mol. The highest BCUT2D eigenvalue weighted by Gasteiger charge is 2.55. The molecule has 0 bridgehead atoms. The van der Waals surface area contributed by atoms with E-state index in [2.05, 4.69) is 0 Å². The van der Waals surface area contributed by atoms with Crippen LogP contribution in [0.1, 0.15) is 6.92 Å². The molecule has 6 atom stereocenters. The van der Waals surface area contributed by atoms with Gasteiger partial charge in [-0.2, -0.15) is 0 Å². The van der Waals surface area contributed by atoms with Crippen LogP contribution in [0.5, 0.6) is 0 Å². The van der Waals surface area contributed by atoms with E-state index in [1.54, 1.807) is 0 Å². The lowest BCUT2D eigenvalue weighted by Gasteiger charge is -2.46. The summed E-state index contributed by atoms with van der Waals surface area (Å²) in [4.78, 5) is 0. The second kappa shape index (κ2) is 3.73. The Balaban J connectivity index is 2.94. The average Bonchev–Trinajstić information content (AvgIpc) is 2.14. The van der Waals surface area contributed by atoms with Gasteiger partial charge in [-0.3, -0.25) is 0 Å². The van der Waals surface area contributed by atoms with Crippen molar-refractivity contribution >= 4 is 0 Å². The van der Waals surface area contributed by atoms with Crippen molar-refractivity contribution < 1.29 is 30.3 Å². The fourth-order valence-electron chi connectivity index (χ4n) is 1.71. The molecule has 2 unspecified atom stereocenters. The molecule has 5 N–H and O–H groups in total. The van der Waals surface area contributed by atoms with Gasteiger partial charge in [0.2, 0.25) is 0 Å². The first-order valence-electron chi connectivity index (χ1n) is 4.31. The minimum absolute atomic E-state index is 1.11. The van der Waals surface area contributed by atoms with E-state index in [9.17, 15) is 25.5 Å². The maximum atomic E-state index is 9.59. The Bertz CT molecular complexity index is 184. The molecule has 1 aliphatic rings. The molecule has 0 aromatic heterocycles. The van der Waals surface area contributed by atoms with Gasteiger partial charge < -0.3 is 30.3 Å². The molecule has 84 valence electrons. The monoisotopic (exact) mass is 208 g/mol. The zero-order valence-corrected chi connectivity index (χ0v) is 8.03. The number of hydrogen-bond donors (Lipinski definition) is 5. The molecule has 6 nitrogen and oxygen atoms in total. The lowest BCUT2D eigenvalue weighted by atomic mass is 9.76. The van der Waals surface area contributed by atoms with E-state index in [0.29, 0.717) is 0 Å². The lowest BCUT2D eigenvalue weighted by molar-refractivity contribution is -0.266. The largest absolute Gasteiger partial charge is 0.387 e. The van der Waals surface area contributed by atoms with Crippen molar-refractivity contribution in [2.45, 2.75) is 43.0 Å². The van der Waals surface area contributed by atoms with E-state index >= 15 is 0 Å². The highest BCUT2D eigenvalue weighted by molar-refractivity contribution is 5.06. The van der Waals surface area contributed by atoms with Crippen molar-refractivity contribution in [1.82, 2.24) is 0 Å². The first-order chi connectivity index (χ1) is 6.34. The van der Waals surface area contributed by atoms with Gasteiger partial charge in [0.1, 0.15) is 36.1 Å². The molecular formula is C8H16O6. The number of methoxy groups -OCH3 is 1. The van der Waals surface area contributed by atoms with Crippen LogP contribution in [0.3, 0.4) is 0 Å². The van der Waals surface area contributed by atoms with Crippen molar-refractivity contribution in [1.29, 1.82) is 0 Å². The SMILES string of the molecule is COC1[C@H](O)[C@@H](O)C(C)(O)[C@@H](O)[C@H]1O. The Hall–Kier alpha value is -0.240. The third kappa shape index (κ3) is 1.54. The van der Waals surface area contributed by atoms with Gasteiger partial charge in [0.05, 0.1) is 0 Å². The number of ether oxygens (including phenoxy) is 1. The highest BCUT2D eigenvalue weighted by atomic mass is 16.5. The topological polar surface area (TPSA) is 110 Å². The van der Waals surface area contributed by atoms with Crippen molar-refractivity contribution in [2.24, 2.45) is 0 Å². The van der Waals surface area contributed by atoms with E-state index in [1.165, 1.54) is 7.11 Å². The minimum atomic E-state index is -1.95. The molecule has 0 aromatic carbocycles. The van der Waals surface area contributed by atoms with Crippen LogP contribution in [-0.2, 0) is 4.74 Å². The van der Waals surface area contributed by atoms with Crippen molar-refractivity contribution in [3.63, 3.8) is 0 Å². The van der Waals surface area contributed by atoms with Crippen LogP contribution in [0.2, 0.25) is 0 Å². The first-order valence-corrected chi connectivity index (χ1v) is 4.31. The quantitative estimate of drug-likeness (QED) is 0.318.